The summed E-state index contributed by atoms with van der Waals surface area (Å²) in [7, 11) is 0. The second kappa shape index (κ2) is 10.1. The number of carbonyl (C=O) groups is 1. The molecule has 0 saturated heterocycles. The predicted molar refractivity (Wildman–Crippen MR) is 143 cm³/mol. The number of amides is 1. The molecule has 1 amide bonds. The van der Waals surface area contributed by atoms with Crippen LogP contribution in [0.2, 0.25) is 0 Å². The summed E-state index contributed by atoms with van der Waals surface area (Å²) in [4.78, 5) is 20.8. The van der Waals surface area contributed by atoms with Gasteiger partial charge in [-0.05, 0) is 67.0 Å². The maximum absolute atomic E-state index is 12.1. The van der Waals surface area contributed by atoms with Crippen LogP contribution in [-0.2, 0) is 11.2 Å². The van der Waals surface area contributed by atoms with Crippen molar-refractivity contribution in [1.29, 1.82) is 0 Å². The monoisotopic (exact) mass is 502 g/mol. The number of pyridine rings is 1. The molecule has 0 aliphatic heterocycles. The van der Waals surface area contributed by atoms with Crippen LogP contribution in [0.3, 0.4) is 0 Å². The first kappa shape index (κ1) is 25.1. The Morgan fingerprint density at radius 3 is 2.84 bits per heavy atom. The first-order valence-corrected chi connectivity index (χ1v) is 12.9. The lowest BCUT2D eigenvalue weighted by Gasteiger charge is -2.28. The number of hydrogen-bond donors (Lipinski definition) is 4. The third kappa shape index (κ3) is 4.89. The van der Waals surface area contributed by atoms with E-state index in [1.165, 1.54) is 6.33 Å². The number of carbonyl (C=O) groups excluding carboxylic acids is 1. The fraction of sp³-hybridized carbons (Fsp3) is 0.429. The number of nitrogen functional groups attached to an aromatic ring is 1. The van der Waals surface area contributed by atoms with E-state index in [9.17, 15) is 15.0 Å². The molecular formula is C28H34N6O3. The van der Waals surface area contributed by atoms with Gasteiger partial charge in [-0.2, -0.15) is 5.10 Å². The molecule has 0 unspecified atom stereocenters. The molecule has 1 saturated carbocycles. The topological polar surface area (TPSA) is 139 Å². The first-order valence-electron chi connectivity index (χ1n) is 12.9. The van der Waals surface area contributed by atoms with Crippen LogP contribution in [0.15, 0.2) is 48.8 Å². The molecule has 0 radical (unpaired) electrons. The number of benzene rings is 1. The normalized spacial score (nSPS) is 23.6. The number of aryl methyl sites for hydroxylation is 1. The number of unbranched alkanes of at least 4 members (excludes halogenated alkanes) is 1. The van der Waals surface area contributed by atoms with Crippen LogP contribution in [-0.4, -0.2) is 47.9 Å². The number of anilines is 2. The quantitative estimate of drug-likeness (QED) is 0.287. The third-order valence-electron chi connectivity index (χ3n) is 7.79. The van der Waals surface area contributed by atoms with Crippen molar-refractivity contribution in [2.45, 2.75) is 70.5 Å². The van der Waals surface area contributed by atoms with E-state index in [4.69, 9.17) is 5.73 Å². The van der Waals surface area contributed by atoms with E-state index in [1.807, 2.05) is 43.3 Å². The molecule has 194 valence electrons. The summed E-state index contributed by atoms with van der Waals surface area (Å²) in [6.45, 7) is 4.09. The molecule has 3 aromatic heterocycles. The van der Waals surface area contributed by atoms with Crippen LogP contribution >= 0.6 is 0 Å². The molecule has 5 rings (SSSR count). The Hall–Kier alpha value is -3.56. The second-order valence-corrected chi connectivity index (χ2v) is 10.5. The minimum atomic E-state index is -0.906. The van der Waals surface area contributed by atoms with Crippen molar-refractivity contribution in [3.8, 4) is 0 Å². The van der Waals surface area contributed by atoms with Crippen LogP contribution in [0.4, 0.5) is 11.6 Å². The van der Waals surface area contributed by atoms with Gasteiger partial charge in [0.15, 0.2) is 5.82 Å². The third-order valence-corrected chi connectivity index (χ3v) is 7.79. The van der Waals surface area contributed by atoms with E-state index in [-0.39, 0.29) is 11.8 Å². The maximum Gasteiger partial charge on any atom is 0.225 e. The standard InChI is InChI=1S/C28H34N6O3/c1-3-4-5-24(35)33-23-11-8-18-7-6-17(14-20(18)32-23)12-13-28(2)15-19(25(36)26(28)37)21-9-10-22-27(29)30-16-31-34(21)22/h6-11,14,16,19,25-26,36-37H,3-5,12-13,15H2,1-2H3,(H2,29,30,31)(H,32,33,35)/t19-,25-,26-,28-/m0/s1. The van der Waals surface area contributed by atoms with E-state index in [1.54, 1.807) is 4.52 Å². The highest BCUT2D eigenvalue weighted by atomic mass is 16.3. The zero-order valence-electron chi connectivity index (χ0n) is 21.3. The zero-order valence-corrected chi connectivity index (χ0v) is 21.3. The van der Waals surface area contributed by atoms with E-state index in [0.29, 0.717) is 36.4 Å². The number of nitrogens with two attached hydrogens (primary N) is 1. The molecule has 9 heteroatoms. The Morgan fingerprint density at radius 1 is 1.22 bits per heavy atom. The van der Waals surface area contributed by atoms with Crippen LogP contribution in [0, 0.1) is 5.41 Å². The molecule has 1 aliphatic rings. The van der Waals surface area contributed by atoms with Crippen molar-refractivity contribution in [3.05, 3.63) is 60.0 Å². The van der Waals surface area contributed by atoms with Gasteiger partial charge in [0.2, 0.25) is 5.91 Å². The Morgan fingerprint density at radius 2 is 2.03 bits per heavy atom. The lowest BCUT2D eigenvalue weighted by atomic mass is 9.80. The molecule has 37 heavy (non-hydrogen) atoms. The Bertz CT molecular complexity index is 1440. The van der Waals surface area contributed by atoms with E-state index in [2.05, 4.69) is 33.4 Å². The van der Waals surface area contributed by atoms with Crippen LogP contribution in [0.5, 0.6) is 0 Å². The van der Waals surface area contributed by atoms with Crippen molar-refractivity contribution >= 4 is 34.0 Å². The van der Waals surface area contributed by atoms with Crippen molar-refractivity contribution in [2.24, 2.45) is 5.41 Å². The second-order valence-electron chi connectivity index (χ2n) is 10.5. The lowest BCUT2D eigenvalue weighted by Crippen LogP contribution is -2.34. The van der Waals surface area contributed by atoms with Gasteiger partial charge in [-0.3, -0.25) is 4.79 Å². The van der Waals surface area contributed by atoms with Gasteiger partial charge in [0.05, 0.1) is 17.7 Å². The number of aliphatic hydroxyl groups excluding tert-OH is 2. The molecule has 4 atom stereocenters. The van der Waals surface area contributed by atoms with Gasteiger partial charge in [0.1, 0.15) is 17.7 Å². The number of rotatable bonds is 8. The fourth-order valence-electron chi connectivity index (χ4n) is 5.52. The summed E-state index contributed by atoms with van der Waals surface area (Å²) >= 11 is 0. The molecule has 1 aromatic carbocycles. The summed E-state index contributed by atoms with van der Waals surface area (Å²) in [6, 6.07) is 13.7. The fourth-order valence-corrected chi connectivity index (χ4v) is 5.52. The molecule has 9 nitrogen and oxygen atoms in total. The highest BCUT2D eigenvalue weighted by Crippen LogP contribution is 2.49. The average Bonchev–Trinajstić information content (AvgIpc) is 3.42. The molecule has 1 fully saturated rings. The highest BCUT2D eigenvalue weighted by Gasteiger charge is 2.50. The zero-order chi connectivity index (χ0) is 26.2. The molecular weight excluding hydrogens is 468 g/mol. The molecule has 0 bridgehead atoms. The van der Waals surface area contributed by atoms with Crippen molar-refractivity contribution in [1.82, 2.24) is 19.6 Å². The smallest absolute Gasteiger partial charge is 0.225 e. The van der Waals surface area contributed by atoms with Gasteiger partial charge >= 0.3 is 0 Å². The van der Waals surface area contributed by atoms with Gasteiger partial charge < -0.3 is 21.3 Å². The number of hydrogen-bond acceptors (Lipinski definition) is 7. The van der Waals surface area contributed by atoms with Crippen LogP contribution < -0.4 is 11.1 Å². The molecule has 5 N–H and O–H groups in total. The van der Waals surface area contributed by atoms with Crippen LogP contribution in [0.25, 0.3) is 16.4 Å². The minimum Gasteiger partial charge on any atom is -0.390 e. The summed E-state index contributed by atoms with van der Waals surface area (Å²) in [6.07, 6.45) is 3.97. The SMILES string of the molecule is CCCCC(=O)Nc1ccc2ccc(CC[C@@]3(C)C[C@@H](c4ccc5c(N)ncnn45)[C@H](O)[C@@H]3O)cc2n1. The van der Waals surface area contributed by atoms with Crippen LogP contribution in [0.1, 0.15) is 63.1 Å². The van der Waals surface area contributed by atoms with Crippen molar-refractivity contribution < 1.29 is 15.0 Å². The minimum absolute atomic E-state index is 0.0222. The van der Waals surface area contributed by atoms with E-state index < -0.39 is 17.6 Å². The average molecular weight is 503 g/mol. The van der Waals surface area contributed by atoms with Gasteiger partial charge in [-0.15, -0.1) is 0 Å². The molecule has 1 aliphatic carbocycles. The first-order chi connectivity index (χ1) is 17.8. The largest absolute Gasteiger partial charge is 0.390 e. The van der Waals surface area contributed by atoms with Gasteiger partial charge in [-0.25, -0.2) is 14.5 Å². The number of aromatic nitrogens is 4. The summed E-state index contributed by atoms with van der Waals surface area (Å²) in [5.74, 6) is 0.643. The Kier molecular flexibility index (Phi) is 6.83. The summed E-state index contributed by atoms with van der Waals surface area (Å²) < 4.78 is 1.71. The highest BCUT2D eigenvalue weighted by molar-refractivity contribution is 5.91. The Labute approximate surface area is 215 Å². The number of nitrogens with zero attached hydrogens (tertiary/aromatic N) is 4. The summed E-state index contributed by atoms with van der Waals surface area (Å²) in [5, 5.41) is 30.3. The lowest BCUT2D eigenvalue weighted by molar-refractivity contribution is -0.116. The molecule has 0 spiro atoms. The predicted octanol–water partition coefficient (Wildman–Crippen LogP) is 3.84. The van der Waals surface area contributed by atoms with E-state index in [0.717, 1.165) is 41.4 Å². The van der Waals surface area contributed by atoms with Gasteiger partial charge in [-0.1, -0.05) is 32.4 Å². The van der Waals surface area contributed by atoms with Gasteiger partial charge in [0, 0.05) is 23.4 Å². The number of fused-ring (bicyclic) bond motifs is 2. The number of nitrogens with one attached hydrogen (secondary N) is 1. The van der Waals surface area contributed by atoms with Crippen molar-refractivity contribution in [2.75, 3.05) is 11.1 Å². The molecule has 3 heterocycles. The Balaban J connectivity index is 1.31. The van der Waals surface area contributed by atoms with E-state index >= 15 is 0 Å². The number of aliphatic hydroxyl groups is 2. The van der Waals surface area contributed by atoms with Crippen molar-refractivity contribution in [3.63, 3.8) is 0 Å². The maximum atomic E-state index is 12.1. The summed E-state index contributed by atoms with van der Waals surface area (Å²) in [5.41, 5.74) is 8.92. The molecule has 4 aromatic rings. The van der Waals surface area contributed by atoms with Gasteiger partial charge in [0.25, 0.3) is 0 Å².